The van der Waals surface area contributed by atoms with Gasteiger partial charge in [-0.05, 0) is 60.8 Å². The Labute approximate surface area is 128 Å². The lowest BCUT2D eigenvalue weighted by molar-refractivity contribution is 0.107. The third kappa shape index (κ3) is 3.12. The van der Waals surface area contributed by atoms with Gasteiger partial charge in [-0.25, -0.2) is 0 Å². The van der Waals surface area contributed by atoms with Gasteiger partial charge < -0.3 is 10.0 Å². The van der Waals surface area contributed by atoms with Gasteiger partial charge in [-0.1, -0.05) is 26.0 Å². The Hall–Kier alpha value is -0.730. The van der Waals surface area contributed by atoms with Crippen molar-refractivity contribution >= 4 is 12.4 Å². The molecule has 0 spiro atoms. The third-order valence-electron chi connectivity index (χ3n) is 5.29. The molecule has 0 radical (unpaired) electrons. The van der Waals surface area contributed by atoms with Crippen molar-refractivity contribution in [3.05, 3.63) is 29.8 Å². The second-order valence-corrected chi connectivity index (χ2v) is 6.82. The van der Waals surface area contributed by atoms with Crippen LogP contribution in [0.15, 0.2) is 24.3 Å². The monoisotopic (exact) mass is 295 g/mol. The maximum absolute atomic E-state index is 9.71. The van der Waals surface area contributed by atoms with Crippen molar-refractivity contribution in [1.82, 2.24) is 4.90 Å². The molecule has 1 aromatic carbocycles. The Morgan fingerprint density at radius 2 is 2.10 bits per heavy atom. The molecule has 2 aliphatic rings. The Morgan fingerprint density at radius 1 is 1.35 bits per heavy atom. The average molecular weight is 296 g/mol. The number of phenols is 1. The van der Waals surface area contributed by atoms with E-state index in [9.17, 15) is 5.11 Å². The quantitative estimate of drug-likeness (QED) is 0.916. The van der Waals surface area contributed by atoms with Crippen molar-refractivity contribution in [2.75, 3.05) is 19.6 Å². The molecule has 1 saturated carbocycles. The van der Waals surface area contributed by atoms with E-state index in [0.717, 1.165) is 5.92 Å². The Bertz CT molecular complexity index is 460. The van der Waals surface area contributed by atoms with E-state index in [1.165, 1.54) is 44.5 Å². The van der Waals surface area contributed by atoms with Crippen LogP contribution in [-0.2, 0) is 5.41 Å². The molecule has 2 fully saturated rings. The average Bonchev–Trinajstić information content (AvgIpc) is 3.18. The van der Waals surface area contributed by atoms with Gasteiger partial charge >= 0.3 is 0 Å². The molecular formula is C17H26ClNO. The normalized spacial score (nSPS) is 30.8. The number of nitrogens with zero attached hydrogens (tertiary/aromatic N) is 1. The number of piperidine rings is 1. The van der Waals surface area contributed by atoms with Crippen LogP contribution in [0.3, 0.4) is 0 Å². The maximum atomic E-state index is 9.71. The van der Waals surface area contributed by atoms with Crippen LogP contribution in [0.5, 0.6) is 5.75 Å². The zero-order valence-corrected chi connectivity index (χ0v) is 13.3. The maximum Gasteiger partial charge on any atom is 0.115 e. The number of phenolic OH excluding ortho intramolecular Hbond substituents is 1. The molecule has 20 heavy (non-hydrogen) atoms. The number of hydrogen-bond acceptors (Lipinski definition) is 2. The molecule has 1 aliphatic carbocycles. The van der Waals surface area contributed by atoms with E-state index >= 15 is 0 Å². The molecule has 1 N–H and O–H groups in total. The van der Waals surface area contributed by atoms with Gasteiger partial charge in [0.25, 0.3) is 0 Å². The molecule has 1 heterocycles. The molecule has 0 aromatic heterocycles. The number of aromatic hydroxyl groups is 1. The molecule has 3 rings (SSSR count). The molecule has 2 unspecified atom stereocenters. The summed E-state index contributed by atoms with van der Waals surface area (Å²) in [4.78, 5) is 2.65. The van der Waals surface area contributed by atoms with Gasteiger partial charge in [0.1, 0.15) is 5.75 Å². The molecule has 1 aliphatic heterocycles. The predicted molar refractivity (Wildman–Crippen MR) is 85.7 cm³/mol. The van der Waals surface area contributed by atoms with Gasteiger partial charge in [0.2, 0.25) is 0 Å². The van der Waals surface area contributed by atoms with Crippen LogP contribution in [0.4, 0.5) is 0 Å². The molecular weight excluding hydrogens is 270 g/mol. The van der Waals surface area contributed by atoms with Gasteiger partial charge in [-0.2, -0.15) is 0 Å². The lowest BCUT2D eigenvalue weighted by Gasteiger charge is -2.45. The predicted octanol–water partition coefficient (Wildman–Crippen LogP) is 3.82. The molecule has 2 nitrogen and oxygen atoms in total. The number of likely N-dealkylation sites (tertiary alicyclic amines) is 1. The van der Waals surface area contributed by atoms with Crippen LogP contribution in [-0.4, -0.2) is 29.6 Å². The van der Waals surface area contributed by atoms with Crippen LogP contribution in [0.2, 0.25) is 0 Å². The van der Waals surface area contributed by atoms with Gasteiger partial charge in [0, 0.05) is 13.1 Å². The highest BCUT2D eigenvalue weighted by Gasteiger charge is 2.39. The molecule has 1 aromatic rings. The van der Waals surface area contributed by atoms with Crippen LogP contribution >= 0.6 is 12.4 Å². The fraction of sp³-hybridized carbons (Fsp3) is 0.647. The van der Waals surface area contributed by atoms with E-state index < -0.39 is 0 Å². The van der Waals surface area contributed by atoms with Crippen LogP contribution in [0.25, 0.3) is 0 Å². The highest BCUT2D eigenvalue weighted by atomic mass is 35.5. The summed E-state index contributed by atoms with van der Waals surface area (Å²) >= 11 is 0. The number of halogens is 1. The van der Waals surface area contributed by atoms with Crippen LogP contribution in [0.1, 0.15) is 38.7 Å². The minimum Gasteiger partial charge on any atom is -0.508 e. The summed E-state index contributed by atoms with van der Waals surface area (Å²) < 4.78 is 0. The van der Waals surface area contributed by atoms with Crippen molar-refractivity contribution in [3.63, 3.8) is 0 Å². The number of benzene rings is 1. The first kappa shape index (κ1) is 15.7. The highest BCUT2D eigenvalue weighted by molar-refractivity contribution is 5.85. The first-order valence-electron chi connectivity index (χ1n) is 7.60. The number of hydrogen-bond donors (Lipinski definition) is 1. The summed E-state index contributed by atoms with van der Waals surface area (Å²) in [7, 11) is 0. The Morgan fingerprint density at radius 3 is 2.70 bits per heavy atom. The van der Waals surface area contributed by atoms with Crippen molar-refractivity contribution in [1.29, 1.82) is 0 Å². The van der Waals surface area contributed by atoms with Crippen molar-refractivity contribution in [3.8, 4) is 5.75 Å². The van der Waals surface area contributed by atoms with E-state index in [0.29, 0.717) is 11.7 Å². The van der Waals surface area contributed by atoms with Crippen LogP contribution < -0.4 is 0 Å². The van der Waals surface area contributed by atoms with Crippen molar-refractivity contribution in [2.45, 2.75) is 38.5 Å². The van der Waals surface area contributed by atoms with Gasteiger partial charge in [-0.15, -0.1) is 12.4 Å². The van der Waals surface area contributed by atoms with Crippen molar-refractivity contribution < 1.29 is 5.11 Å². The fourth-order valence-corrected chi connectivity index (χ4v) is 3.44. The summed E-state index contributed by atoms with van der Waals surface area (Å²) in [5.74, 6) is 2.02. The Balaban J connectivity index is 0.00000147. The summed E-state index contributed by atoms with van der Waals surface area (Å²) in [6.07, 6.45) is 4.08. The van der Waals surface area contributed by atoms with E-state index in [1.54, 1.807) is 6.07 Å². The second-order valence-electron chi connectivity index (χ2n) is 6.82. The molecule has 112 valence electrons. The highest BCUT2D eigenvalue weighted by Crippen LogP contribution is 2.41. The lowest BCUT2D eigenvalue weighted by atomic mass is 9.68. The molecule has 3 heteroatoms. The van der Waals surface area contributed by atoms with E-state index in [2.05, 4.69) is 24.8 Å². The van der Waals surface area contributed by atoms with Crippen molar-refractivity contribution in [2.24, 2.45) is 11.8 Å². The SMILES string of the molecule is CC1CN(CC2CC2)CCC1(C)c1cccc(O)c1.Cl. The van der Waals surface area contributed by atoms with E-state index in [1.807, 2.05) is 12.1 Å². The summed E-state index contributed by atoms with van der Waals surface area (Å²) in [6.45, 7) is 8.43. The standard InChI is InChI=1S/C17H25NO.ClH/c1-13-11-18(12-14-6-7-14)9-8-17(13,2)15-4-3-5-16(19)10-15;/h3-5,10,13-14,19H,6-9,11-12H2,1-2H3;1H. The van der Waals surface area contributed by atoms with Gasteiger partial charge in [0.15, 0.2) is 0 Å². The van der Waals surface area contributed by atoms with Gasteiger partial charge in [0.05, 0.1) is 0 Å². The largest absolute Gasteiger partial charge is 0.508 e. The molecule has 1 saturated heterocycles. The minimum absolute atomic E-state index is 0. The first-order valence-corrected chi connectivity index (χ1v) is 7.60. The summed E-state index contributed by atoms with van der Waals surface area (Å²) in [5.41, 5.74) is 1.50. The first-order chi connectivity index (χ1) is 9.08. The summed E-state index contributed by atoms with van der Waals surface area (Å²) in [6, 6.07) is 7.86. The van der Waals surface area contributed by atoms with E-state index in [-0.39, 0.29) is 17.8 Å². The fourth-order valence-electron chi connectivity index (χ4n) is 3.44. The molecule has 0 bridgehead atoms. The van der Waals surface area contributed by atoms with Gasteiger partial charge in [-0.3, -0.25) is 0 Å². The molecule has 2 atom stereocenters. The topological polar surface area (TPSA) is 23.5 Å². The van der Waals surface area contributed by atoms with E-state index in [4.69, 9.17) is 0 Å². The molecule has 0 amide bonds. The zero-order chi connectivity index (χ0) is 13.5. The summed E-state index contributed by atoms with van der Waals surface area (Å²) in [5, 5.41) is 9.71. The second kappa shape index (κ2) is 5.95. The smallest absolute Gasteiger partial charge is 0.115 e. The number of rotatable bonds is 3. The third-order valence-corrected chi connectivity index (χ3v) is 5.29. The minimum atomic E-state index is 0. The Kier molecular flexibility index (Phi) is 4.66. The van der Waals surface area contributed by atoms with Crippen LogP contribution in [0, 0.1) is 11.8 Å². The lowest BCUT2D eigenvalue weighted by Crippen LogP contribution is -2.47. The zero-order valence-electron chi connectivity index (χ0n) is 12.5.